The van der Waals surface area contributed by atoms with E-state index in [1.54, 1.807) is 0 Å². The molecule has 2 unspecified atom stereocenters. The molecule has 0 amide bonds. The Bertz CT molecular complexity index is 464. The zero-order valence-electron chi connectivity index (χ0n) is 10.4. The maximum atomic E-state index is 12.5. The predicted molar refractivity (Wildman–Crippen MR) is 75.9 cm³/mol. The third kappa shape index (κ3) is 2.26. The smallest absolute Gasteiger partial charge is 0.168 e. The lowest BCUT2D eigenvalue weighted by atomic mass is 9.92. The fourth-order valence-electron chi connectivity index (χ4n) is 3.22. The standard InChI is InChI=1S/C15H18BrNO/c16-11-5-6-12-10(8-11)9-13(15(12)18)14-4-2-1-3-7-17-14/h5-6,8,13-14,17H,1-4,7,9H2. The molecule has 0 radical (unpaired) electrons. The number of Topliss-reactive ketones (excluding diaryl/α,β-unsaturated/α-hetero) is 1. The number of rotatable bonds is 1. The molecule has 2 atom stereocenters. The van der Waals surface area contributed by atoms with E-state index in [0.29, 0.717) is 11.8 Å². The first-order valence-electron chi connectivity index (χ1n) is 6.82. The van der Waals surface area contributed by atoms with Crippen molar-refractivity contribution in [3.8, 4) is 0 Å². The first-order valence-corrected chi connectivity index (χ1v) is 7.61. The van der Waals surface area contributed by atoms with Gasteiger partial charge < -0.3 is 5.32 Å². The number of nitrogens with one attached hydrogen (secondary N) is 1. The van der Waals surface area contributed by atoms with Crippen molar-refractivity contribution in [3.05, 3.63) is 33.8 Å². The molecule has 0 saturated carbocycles. The molecule has 2 nitrogen and oxygen atoms in total. The second kappa shape index (κ2) is 5.14. The van der Waals surface area contributed by atoms with Crippen molar-refractivity contribution < 1.29 is 4.79 Å². The Labute approximate surface area is 116 Å². The Morgan fingerprint density at radius 1 is 1.22 bits per heavy atom. The third-order valence-electron chi connectivity index (χ3n) is 4.19. The Morgan fingerprint density at radius 2 is 2.11 bits per heavy atom. The summed E-state index contributed by atoms with van der Waals surface area (Å²) in [5.74, 6) is 0.504. The number of benzene rings is 1. The van der Waals surface area contributed by atoms with E-state index < -0.39 is 0 Å². The molecule has 1 aromatic carbocycles. The number of halogens is 1. The van der Waals surface area contributed by atoms with Gasteiger partial charge in [-0.05, 0) is 43.5 Å². The van der Waals surface area contributed by atoms with E-state index in [9.17, 15) is 4.79 Å². The van der Waals surface area contributed by atoms with Gasteiger partial charge in [-0.2, -0.15) is 0 Å². The molecular formula is C15H18BrNO. The number of fused-ring (bicyclic) bond motifs is 1. The number of carbonyl (C=O) groups excluding carboxylic acids is 1. The second-order valence-corrected chi connectivity index (χ2v) is 6.30. The van der Waals surface area contributed by atoms with Crippen LogP contribution in [-0.2, 0) is 6.42 Å². The van der Waals surface area contributed by atoms with Gasteiger partial charge in [-0.25, -0.2) is 0 Å². The van der Waals surface area contributed by atoms with Crippen molar-refractivity contribution in [1.82, 2.24) is 5.32 Å². The predicted octanol–water partition coefficient (Wildman–Crippen LogP) is 3.34. The maximum absolute atomic E-state index is 12.5. The lowest BCUT2D eigenvalue weighted by Gasteiger charge is -2.21. The van der Waals surface area contributed by atoms with E-state index in [0.717, 1.165) is 29.4 Å². The van der Waals surface area contributed by atoms with E-state index in [2.05, 4.69) is 27.3 Å². The molecule has 18 heavy (non-hydrogen) atoms. The minimum Gasteiger partial charge on any atom is -0.313 e. The number of carbonyl (C=O) groups is 1. The summed E-state index contributed by atoms with van der Waals surface area (Å²) in [5.41, 5.74) is 2.15. The van der Waals surface area contributed by atoms with E-state index in [1.807, 2.05) is 12.1 Å². The molecule has 1 fully saturated rings. The summed E-state index contributed by atoms with van der Waals surface area (Å²) in [5, 5.41) is 3.57. The van der Waals surface area contributed by atoms with Crippen LogP contribution in [-0.4, -0.2) is 18.4 Å². The lowest BCUT2D eigenvalue weighted by Crippen LogP contribution is -2.38. The first-order chi connectivity index (χ1) is 8.75. The molecule has 3 rings (SSSR count). The van der Waals surface area contributed by atoms with Gasteiger partial charge in [0.15, 0.2) is 5.78 Å². The maximum Gasteiger partial charge on any atom is 0.168 e. The van der Waals surface area contributed by atoms with Crippen LogP contribution >= 0.6 is 15.9 Å². The third-order valence-corrected chi connectivity index (χ3v) is 4.69. The van der Waals surface area contributed by atoms with Crippen molar-refractivity contribution >= 4 is 21.7 Å². The van der Waals surface area contributed by atoms with Crippen molar-refractivity contribution in [2.75, 3.05) is 6.54 Å². The van der Waals surface area contributed by atoms with Crippen molar-refractivity contribution in [2.45, 2.75) is 38.1 Å². The summed E-state index contributed by atoms with van der Waals surface area (Å²) in [4.78, 5) is 12.5. The van der Waals surface area contributed by atoms with Gasteiger partial charge in [-0.15, -0.1) is 0 Å². The van der Waals surface area contributed by atoms with Gasteiger partial charge in [0.1, 0.15) is 0 Å². The van der Waals surface area contributed by atoms with E-state index in [-0.39, 0.29) is 5.92 Å². The summed E-state index contributed by atoms with van der Waals surface area (Å²) in [7, 11) is 0. The lowest BCUT2D eigenvalue weighted by molar-refractivity contribution is 0.0907. The van der Waals surface area contributed by atoms with Gasteiger partial charge in [0.25, 0.3) is 0 Å². The van der Waals surface area contributed by atoms with Crippen molar-refractivity contribution in [1.29, 1.82) is 0 Å². The van der Waals surface area contributed by atoms with Gasteiger partial charge in [0, 0.05) is 22.0 Å². The molecular weight excluding hydrogens is 290 g/mol. The molecule has 96 valence electrons. The molecule has 1 saturated heterocycles. The molecule has 0 bridgehead atoms. The number of hydrogen-bond acceptors (Lipinski definition) is 2. The van der Waals surface area contributed by atoms with Gasteiger partial charge >= 0.3 is 0 Å². The molecule has 1 aromatic rings. The molecule has 2 aliphatic rings. The summed E-state index contributed by atoms with van der Waals surface area (Å²) < 4.78 is 1.07. The highest BCUT2D eigenvalue weighted by Gasteiger charge is 2.36. The molecule has 3 heteroatoms. The van der Waals surface area contributed by atoms with Crippen molar-refractivity contribution in [3.63, 3.8) is 0 Å². The normalized spacial score (nSPS) is 27.9. The van der Waals surface area contributed by atoms with Crippen LogP contribution in [0.3, 0.4) is 0 Å². The van der Waals surface area contributed by atoms with Crippen LogP contribution in [0.4, 0.5) is 0 Å². The monoisotopic (exact) mass is 307 g/mol. The van der Waals surface area contributed by atoms with Gasteiger partial charge in [0.05, 0.1) is 0 Å². The average Bonchev–Trinajstić information content (AvgIpc) is 2.57. The Balaban J connectivity index is 1.82. The number of hydrogen-bond donors (Lipinski definition) is 1. The van der Waals surface area contributed by atoms with E-state index in [1.165, 1.54) is 24.8 Å². The SMILES string of the molecule is O=C1c2ccc(Br)cc2CC1C1CCCCCN1. The molecule has 0 aromatic heterocycles. The molecule has 1 N–H and O–H groups in total. The largest absolute Gasteiger partial charge is 0.313 e. The van der Waals surface area contributed by atoms with Crippen molar-refractivity contribution in [2.24, 2.45) is 5.92 Å². The summed E-state index contributed by atoms with van der Waals surface area (Å²) in [6.45, 7) is 1.06. The first kappa shape index (κ1) is 12.4. The van der Waals surface area contributed by atoms with Crippen LogP contribution in [0.2, 0.25) is 0 Å². The molecule has 1 aliphatic heterocycles. The van der Waals surface area contributed by atoms with Crippen LogP contribution in [0, 0.1) is 5.92 Å². The van der Waals surface area contributed by atoms with Crippen LogP contribution in [0.25, 0.3) is 0 Å². The minimum absolute atomic E-state index is 0.160. The zero-order chi connectivity index (χ0) is 12.5. The van der Waals surface area contributed by atoms with Crippen LogP contribution < -0.4 is 5.32 Å². The Kier molecular flexibility index (Phi) is 3.53. The molecule has 1 aliphatic carbocycles. The summed E-state index contributed by atoms with van der Waals surface area (Å²) in [6.07, 6.45) is 5.84. The van der Waals surface area contributed by atoms with E-state index in [4.69, 9.17) is 0 Å². The Morgan fingerprint density at radius 3 is 3.00 bits per heavy atom. The Hall–Kier alpha value is -0.670. The molecule has 0 spiro atoms. The quantitative estimate of drug-likeness (QED) is 0.862. The summed E-state index contributed by atoms with van der Waals surface area (Å²) in [6, 6.07) is 6.42. The minimum atomic E-state index is 0.160. The van der Waals surface area contributed by atoms with Crippen LogP contribution in [0.5, 0.6) is 0 Å². The van der Waals surface area contributed by atoms with Gasteiger partial charge in [-0.3, -0.25) is 4.79 Å². The average molecular weight is 308 g/mol. The zero-order valence-corrected chi connectivity index (χ0v) is 12.0. The topological polar surface area (TPSA) is 29.1 Å². The summed E-state index contributed by atoms with van der Waals surface area (Å²) >= 11 is 3.49. The second-order valence-electron chi connectivity index (χ2n) is 5.39. The number of ketones is 1. The van der Waals surface area contributed by atoms with Gasteiger partial charge in [0.2, 0.25) is 0 Å². The van der Waals surface area contributed by atoms with Crippen LogP contribution in [0.15, 0.2) is 22.7 Å². The molecule has 1 heterocycles. The van der Waals surface area contributed by atoms with E-state index >= 15 is 0 Å². The highest BCUT2D eigenvalue weighted by atomic mass is 79.9. The highest BCUT2D eigenvalue weighted by Crippen LogP contribution is 2.32. The van der Waals surface area contributed by atoms with Crippen LogP contribution in [0.1, 0.15) is 41.6 Å². The van der Waals surface area contributed by atoms with Gasteiger partial charge in [-0.1, -0.05) is 34.8 Å². The fraction of sp³-hybridized carbons (Fsp3) is 0.533. The highest BCUT2D eigenvalue weighted by molar-refractivity contribution is 9.10. The fourth-order valence-corrected chi connectivity index (χ4v) is 3.63.